The average molecular weight is 247 g/mol. The SMILES string of the molecule is CNC(C(C)=O)c1c(C)cc(C(C)(C)C)cc1C. The lowest BCUT2D eigenvalue weighted by atomic mass is 9.82. The van der Waals surface area contributed by atoms with Crippen LogP contribution < -0.4 is 5.32 Å². The molecule has 0 aliphatic heterocycles. The molecule has 1 unspecified atom stereocenters. The van der Waals surface area contributed by atoms with Gasteiger partial charge in [-0.3, -0.25) is 4.79 Å². The van der Waals surface area contributed by atoms with E-state index in [0.29, 0.717) is 0 Å². The summed E-state index contributed by atoms with van der Waals surface area (Å²) < 4.78 is 0. The Kier molecular flexibility index (Phi) is 4.33. The molecule has 0 aromatic heterocycles. The highest BCUT2D eigenvalue weighted by atomic mass is 16.1. The highest BCUT2D eigenvalue weighted by Gasteiger charge is 2.22. The van der Waals surface area contributed by atoms with E-state index >= 15 is 0 Å². The first-order valence-electron chi connectivity index (χ1n) is 6.47. The normalized spacial score (nSPS) is 13.5. The third-order valence-corrected chi connectivity index (χ3v) is 3.44. The minimum absolute atomic E-state index is 0.138. The molecule has 0 amide bonds. The van der Waals surface area contributed by atoms with Crippen LogP contribution in [0.4, 0.5) is 0 Å². The van der Waals surface area contributed by atoms with Gasteiger partial charge in [0.05, 0.1) is 6.04 Å². The van der Waals surface area contributed by atoms with Crippen LogP contribution in [-0.2, 0) is 10.2 Å². The van der Waals surface area contributed by atoms with Crippen LogP contribution in [0.3, 0.4) is 0 Å². The molecule has 18 heavy (non-hydrogen) atoms. The Balaban J connectivity index is 3.37. The molecule has 0 saturated carbocycles. The molecule has 1 rings (SSSR count). The standard InChI is InChI=1S/C16H25NO/c1-10-8-13(16(4,5)6)9-11(2)14(10)15(17-7)12(3)18/h8-9,15,17H,1-7H3. The maximum atomic E-state index is 11.7. The lowest BCUT2D eigenvalue weighted by molar-refractivity contribution is -0.119. The quantitative estimate of drug-likeness (QED) is 0.886. The second kappa shape index (κ2) is 5.23. The van der Waals surface area contributed by atoms with Crippen LogP contribution >= 0.6 is 0 Å². The summed E-state index contributed by atoms with van der Waals surface area (Å²) in [5.74, 6) is 0.159. The molecular formula is C16H25NO. The molecule has 1 atom stereocenters. The summed E-state index contributed by atoms with van der Waals surface area (Å²) in [5, 5.41) is 3.11. The second-order valence-electron chi connectivity index (χ2n) is 6.11. The van der Waals surface area contributed by atoms with E-state index in [1.165, 1.54) is 16.7 Å². The second-order valence-corrected chi connectivity index (χ2v) is 6.11. The van der Waals surface area contributed by atoms with Crippen molar-refractivity contribution in [1.82, 2.24) is 5.32 Å². The predicted octanol–water partition coefficient (Wildman–Crippen LogP) is 3.45. The molecule has 100 valence electrons. The molecular weight excluding hydrogens is 222 g/mol. The van der Waals surface area contributed by atoms with Crippen LogP contribution in [0.5, 0.6) is 0 Å². The van der Waals surface area contributed by atoms with Gasteiger partial charge in [0.2, 0.25) is 0 Å². The van der Waals surface area contributed by atoms with Crippen molar-refractivity contribution in [2.45, 2.75) is 53.0 Å². The van der Waals surface area contributed by atoms with Gasteiger partial charge in [0, 0.05) is 0 Å². The van der Waals surface area contributed by atoms with Crippen molar-refractivity contribution in [2.75, 3.05) is 7.05 Å². The number of likely N-dealkylation sites (N-methyl/N-ethyl adjacent to an activating group) is 1. The summed E-state index contributed by atoms with van der Waals surface area (Å²) in [6.07, 6.45) is 0. The summed E-state index contributed by atoms with van der Waals surface area (Å²) in [6.45, 7) is 12.4. The van der Waals surface area contributed by atoms with Crippen molar-refractivity contribution < 1.29 is 4.79 Å². The molecule has 0 fully saturated rings. The fraction of sp³-hybridized carbons (Fsp3) is 0.562. The number of carbonyl (C=O) groups is 1. The summed E-state index contributed by atoms with van der Waals surface area (Å²) in [6, 6.07) is 4.21. The van der Waals surface area contributed by atoms with Gasteiger partial charge in [0.15, 0.2) is 5.78 Å². The third-order valence-electron chi connectivity index (χ3n) is 3.44. The maximum absolute atomic E-state index is 11.7. The zero-order valence-corrected chi connectivity index (χ0v) is 12.6. The van der Waals surface area contributed by atoms with E-state index in [9.17, 15) is 4.79 Å². The Morgan fingerprint density at radius 3 is 1.89 bits per heavy atom. The van der Waals surface area contributed by atoms with Gasteiger partial charge in [0.25, 0.3) is 0 Å². The van der Waals surface area contributed by atoms with Crippen molar-refractivity contribution in [3.05, 3.63) is 34.4 Å². The van der Waals surface area contributed by atoms with Gasteiger partial charge in [0.1, 0.15) is 0 Å². The third kappa shape index (κ3) is 2.99. The van der Waals surface area contributed by atoms with Crippen molar-refractivity contribution in [3.63, 3.8) is 0 Å². The van der Waals surface area contributed by atoms with Crippen molar-refractivity contribution >= 4 is 5.78 Å². The van der Waals surface area contributed by atoms with Crippen LogP contribution in [0.25, 0.3) is 0 Å². The number of hydrogen-bond donors (Lipinski definition) is 1. The first-order valence-corrected chi connectivity index (χ1v) is 6.47. The van der Waals surface area contributed by atoms with E-state index in [4.69, 9.17) is 0 Å². The molecule has 0 heterocycles. The van der Waals surface area contributed by atoms with E-state index in [2.05, 4.69) is 52.1 Å². The van der Waals surface area contributed by atoms with E-state index in [1.54, 1.807) is 6.92 Å². The first kappa shape index (κ1) is 14.9. The van der Waals surface area contributed by atoms with E-state index in [0.717, 1.165) is 5.56 Å². The molecule has 0 aliphatic rings. The Morgan fingerprint density at radius 2 is 1.61 bits per heavy atom. The van der Waals surface area contributed by atoms with E-state index in [-0.39, 0.29) is 17.2 Å². The van der Waals surface area contributed by atoms with Crippen LogP contribution in [0.2, 0.25) is 0 Å². The minimum Gasteiger partial charge on any atom is -0.307 e. The summed E-state index contributed by atoms with van der Waals surface area (Å²) in [4.78, 5) is 11.7. The monoisotopic (exact) mass is 247 g/mol. The summed E-state index contributed by atoms with van der Waals surface area (Å²) in [5.41, 5.74) is 4.96. The molecule has 2 heteroatoms. The van der Waals surface area contributed by atoms with Gasteiger partial charge in [-0.2, -0.15) is 0 Å². The van der Waals surface area contributed by atoms with E-state index < -0.39 is 0 Å². The number of benzene rings is 1. The fourth-order valence-electron chi connectivity index (χ4n) is 2.41. The summed E-state index contributed by atoms with van der Waals surface area (Å²) in [7, 11) is 1.84. The molecule has 0 spiro atoms. The average Bonchev–Trinajstić information content (AvgIpc) is 2.20. The molecule has 1 N–H and O–H groups in total. The van der Waals surface area contributed by atoms with Gasteiger partial charge in [-0.05, 0) is 55.5 Å². The molecule has 1 aromatic carbocycles. The minimum atomic E-state index is -0.195. The zero-order valence-electron chi connectivity index (χ0n) is 12.6. The summed E-state index contributed by atoms with van der Waals surface area (Å²) >= 11 is 0. The van der Waals surface area contributed by atoms with E-state index in [1.807, 2.05) is 7.05 Å². The highest BCUT2D eigenvalue weighted by Crippen LogP contribution is 2.30. The number of Topliss-reactive ketones (excluding diaryl/α,β-unsaturated/α-hetero) is 1. The Hall–Kier alpha value is -1.15. The van der Waals surface area contributed by atoms with Gasteiger partial charge in [-0.25, -0.2) is 0 Å². The number of hydrogen-bond acceptors (Lipinski definition) is 2. The molecule has 0 bridgehead atoms. The molecule has 0 aliphatic carbocycles. The lowest BCUT2D eigenvalue weighted by Gasteiger charge is -2.25. The van der Waals surface area contributed by atoms with Crippen molar-refractivity contribution in [1.29, 1.82) is 0 Å². The predicted molar refractivity (Wildman–Crippen MR) is 77.1 cm³/mol. The number of aryl methyl sites for hydroxylation is 2. The molecule has 1 aromatic rings. The highest BCUT2D eigenvalue weighted by molar-refractivity contribution is 5.83. The smallest absolute Gasteiger partial charge is 0.151 e. The van der Waals surface area contributed by atoms with Crippen LogP contribution in [0.1, 0.15) is 56.0 Å². The van der Waals surface area contributed by atoms with Crippen LogP contribution in [-0.4, -0.2) is 12.8 Å². The van der Waals surface area contributed by atoms with Gasteiger partial charge in [-0.15, -0.1) is 0 Å². The Bertz CT molecular complexity index is 432. The first-order chi connectivity index (χ1) is 8.18. The van der Waals surface area contributed by atoms with Crippen LogP contribution in [0.15, 0.2) is 12.1 Å². The Labute approximate surface area is 111 Å². The maximum Gasteiger partial charge on any atom is 0.151 e. The topological polar surface area (TPSA) is 29.1 Å². The molecule has 0 radical (unpaired) electrons. The Morgan fingerprint density at radius 1 is 1.17 bits per heavy atom. The number of ketones is 1. The zero-order chi connectivity index (χ0) is 14.1. The lowest BCUT2D eigenvalue weighted by Crippen LogP contribution is -2.25. The number of rotatable bonds is 3. The van der Waals surface area contributed by atoms with Crippen molar-refractivity contribution in [2.24, 2.45) is 0 Å². The largest absolute Gasteiger partial charge is 0.307 e. The number of nitrogens with one attached hydrogen (secondary N) is 1. The van der Waals surface area contributed by atoms with Gasteiger partial charge >= 0.3 is 0 Å². The van der Waals surface area contributed by atoms with Gasteiger partial charge in [-0.1, -0.05) is 32.9 Å². The molecule has 2 nitrogen and oxygen atoms in total. The fourth-order valence-corrected chi connectivity index (χ4v) is 2.41. The van der Waals surface area contributed by atoms with Crippen LogP contribution in [0, 0.1) is 13.8 Å². The van der Waals surface area contributed by atoms with Gasteiger partial charge < -0.3 is 5.32 Å². The van der Waals surface area contributed by atoms with Crippen molar-refractivity contribution in [3.8, 4) is 0 Å². The number of carbonyl (C=O) groups excluding carboxylic acids is 1. The molecule has 0 saturated heterocycles.